The minimum Gasteiger partial charge on any atom is -0.492 e. The second-order valence-corrected chi connectivity index (χ2v) is 20.3. The quantitative estimate of drug-likeness (QED) is 0.105. The molecule has 0 saturated heterocycles. The van der Waals surface area contributed by atoms with Crippen LogP contribution in [0, 0.1) is 47.3 Å². The zero-order valence-corrected chi connectivity index (χ0v) is 39.1. The Morgan fingerprint density at radius 2 is 0.678 bits per heavy atom. The first-order valence-electron chi connectivity index (χ1n) is 26.2. The van der Waals surface area contributed by atoms with Crippen molar-refractivity contribution < 1.29 is 9.47 Å². The molecular formula is C55H92N2O2. The van der Waals surface area contributed by atoms with Crippen molar-refractivity contribution in [1.29, 1.82) is 0 Å². The number of unbranched alkanes of at least 4 members (excludes halogenated alkanes) is 3. The van der Waals surface area contributed by atoms with Crippen LogP contribution < -0.4 is 9.47 Å². The second-order valence-electron chi connectivity index (χ2n) is 20.3. The first kappa shape index (κ1) is 47.9. The lowest BCUT2D eigenvalue weighted by molar-refractivity contribution is 0.208. The molecule has 4 saturated carbocycles. The maximum absolute atomic E-state index is 5.50. The van der Waals surface area contributed by atoms with Crippen molar-refractivity contribution in [3.8, 4) is 11.5 Å². The van der Waals surface area contributed by atoms with Gasteiger partial charge in [-0.15, -0.1) is 0 Å². The zero-order valence-electron chi connectivity index (χ0n) is 39.1. The molecule has 0 bridgehead atoms. The van der Waals surface area contributed by atoms with Gasteiger partial charge in [0, 0.05) is 11.4 Å². The van der Waals surface area contributed by atoms with E-state index in [0.29, 0.717) is 13.2 Å². The molecule has 4 heteroatoms. The van der Waals surface area contributed by atoms with E-state index in [1.54, 1.807) is 0 Å². The molecule has 0 radical (unpaired) electrons. The number of pyridine rings is 2. The average molecular weight is 813 g/mol. The van der Waals surface area contributed by atoms with Crippen LogP contribution in [0.2, 0.25) is 0 Å². The number of aromatic nitrogens is 2. The van der Waals surface area contributed by atoms with E-state index in [4.69, 9.17) is 9.47 Å². The maximum Gasteiger partial charge on any atom is 0.137 e. The minimum atomic E-state index is 0.713. The molecule has 4 aliphatic rings. The number of aryl methyl sites for hydroxylation is 2. The molecule has 4 aliphatic carbocycles. The first-order chi connectivity index (χ1) is 29.0. The summed E-state index contributed by atoms with van der Waals surface area (Å²) in [7, 11) is 0. The van der Waals surface area contributed by atoms with E-state index in [0.717, 1.165) is 71.7 Å². The summed E-state index contributed by atoms with van der Waals surface area (Å²) in [6, 6.07) is 8.43. The van der Waals surface area contributed by atoms with Crippen LogP contribution in [0.4, 0.5) is 0 Å². The fourth-order valence-corrected chi connectivity index (χ4v) is 11.7. The van der Waals surface area contributed by atoms with Crippen molar-refractivity contribution in [2.45, 2.75) is 227 Å². The maximum atomic E-state index is 5.50. The van der Waals surface area contributed by atoms with Crippen LogP contribution in [0.1, 0.15) is 225 Å². The normalized spacial score (nSPS) is 27.4. The summed E-state index contributed by atoms with van der Waals surface area (Å²) in [5, 5.41) is 0. The molecule has 334 valence electrons. The van der Waals surface area contributed by atoms with Gasteiger partial charge in [0.05, 0.1) is 25.6 Å². The van der Waals surface area contributed by atoms with Gasteiger partial charge in [-0.25, -0.2) is 0 Å². The highest BCUT2D eigenvalue weighted by molar-refractivity contribution is 5.20. The summed E-state index contributed by atoms with van der Waals surface area (Å²) in [4.78, 5) is 9.15. The van der Waals surface area contributed by atoms with Crippen LogP contribution in [0.3, 0.4) is 0 Å². The smallest absolute Gasteiger partial charge is 0.137 e. The van der Waals surface area contributed by atoms with E-state index in [9.17, 15) is 0 Å². The molecule has 6 rings (SSSR count). The second kappa shape index (κ2) is 28.5. The largest absolute Gasteiger partial charge is 0.492 e. The summed E-state index contributed by atoms with van der Waals surface area (Å²) in [5.74, 6) is 9.91. The van der Waals surface area contributed by atoms with Gasteiger partial charge < -0.3 is 9.47 Å². The van der Waals surface area contributed by atoms with Crippen molar-refractivity contribution in [3.05, 3.63) is 48.0 Å². The lowest BCUT2D eigenvalue weighted by Gasteiger charge is -2.32. The predicted molar refractivity (Wildman–Crippen MR) is 251 cm³/mol. The van der Waals surface area contributed by atoms with Gasteiger partial charge in [-0.3, -0.25) is 9.97 Å². The fraction of sp³-hybridized carbons (Fsp3) is 0.818. The molecule has 4 nitrogen and oxygen atoms in total. The molecule has 2 aromatic rings. The Balaban J connectivity index is 0.000000224. The number of hydrogen-bond acceptors (Lipinski definition) is 4. The van der Waals surface area contributed by atoms with Gasteiger partial charge in [0.15, 0.2) is 0 Å². The number of ether oxygens (including phenoxy) is 2. The van der Waals surface area contributed by atoms with Crippen molar-refractivity contribution in [2.75, 3.05) is 13.2 Å². The Labute approximate surface area is 365 Å². The molecule has 0 aromatic carbocycles. The van der Waals surface area contributed by atoms with E-state index in [-0.39, 0.29) is 0 Å². The van der Waals surface area contributed by atoms with Gasteiger partial charge >= 0.3 is 0 Å². The third kappa shape index (κ3) is 18.8. The Morgan fingerprint density at radius 3 is 0.966 bits per heavy atom. The van der Waals surface area contributed by atoms with E-state index in [2.05, 4.69) is 48.1 Å². The third-order valence-electron chi connectivity index (χ3n) is 15.8. The molecule has 0 N–H and O–H groups in total. The zero-order chi connectivity index (χ0) is 41.3. The highest BCUT2D eigenvalue weighted by Crippen LogP contribution is 2.40. The SMILES string of the molecule is CCCCC1CCC(CCC2CCC(CCc3ccc(OCC)cn3)CC2)CC1.CCCCCC1CCC(CCC2CCC(CCc3ccc(OCC)cn3)CC2)CC1. The number of hydrogen-bond donors (Lipinski definition) is 0. The molecule has 2 heterocycles. The Kier molecular flexibility index (Phi) is 23.2. The molecule has 0 spiro atoms. The Hall–Kier alpha value is -2.10. The average Bonchev–Trinajstić information content (AvgIpc) is 3.28. The lowest BCUT2D eigenvalue weighted by atomic mass is 9.74. The standard InChI is InChI=1S/C28H47NO.C27H45NO/c1-3-5-6-7-23-8-10-24(11-9-23)12-13-25-14-16-26(17-15-25)18-19-27-20-21-28(22-29-27)30-4-2;1-3-5-6-22-7-9-23(10-8-22)11-12-24-13-15-25(16-14-24)17-18-26-19-20-27(21-28-26)29-4-2/h20-26H,3-19H2,1-2H3;19-25H,3-18H2,1-2H3. The first-order valence-corrected chi connectivity index (χ1v) is 26.2. The molecule has 0 atom stereocenters. The molecule has 0 unspecified atom stereocenters. The third-order valence-corrected chi connectivity index (χ3v) is 15.8. The van der Waals surface area contributed by atoms with Gasteiger partial charge in [-0.1, -0.05) is 187 Å². The molecular weight excluding hydrogens is 721 g/mol. The van der Waals surface area contributed by atoms with E-state index in [1.165, 1.54) is 198 Å². The molecule has 59 heavy (non-hydrogen) atoms. The van der Waals surface area contributed by atoms with Crippen molar-refractivity contribution in [1.82, 2.24) is 9.97 Å². The summed E-state index contributed by atoms with van der Waals surface area (Å²) in [6.45, 7) is 10.1. The van der Waals surface area contributed by atoms with E-state index < -0.39 is 0 Å². The van der Waals surface area contributed by atoms with Crippen LogP contribution in [0.25, 0.3) is 0 Å². The topological polar surface area (TPSA) is 44.2 Å². The van der Waals surface area contributed by atoms with Crippen molar-refractivity contribution in [2.24, 2.45) is 47.3 Å². The monoisotopic (exact) mass is 813 g/mol. The number of rotatable bonds is 23. The lowest BCUT2D eigenvalue weighted by Crippen LogP contribution is -2.18. The van der Waals surface area contributed by atoms with Crippen LogP contribution in [0.15, 0.2) is 36.7 Å². The molecule has 2 aromatic heterocycles. The summed E-state index contributed by atoms with van der Waals surface area (Å²) < 4.78 is 11.0. The summed E-state index contributed by atoms with van der Waals surface area (Å²) >= 11 is 0. The highest BCUT2D eigenvalue weighted by atomic mass is 16.5. The number of nitrogens with zero attached hydrogens (tertiary/aromatic N) is 2. The van der Waals surface area contributed by atoms with Crippen molar-refractivity contribution >= 4 is 0 Å². The van der Waals surface area contributed by atoms with Gasteiger partial charge in [-0.05, 0) is 111 Å². The summed E-state index contributed by atoms with van der Waals surface area (Å²) in [6.07, 6.45) is 48.8. The highest BCUT2D eigenvalue weighted by Gasteiger charge is 2.26. The molecule has 0 aliphatic heterocycles. The van der Waals surface area contributed by atoms with Gasteiger partial charge in [0.1, 0.15) is 11.5 Å². The van der Waals surface area contributed by atoms with Crippen LogP contribution in [-0.4, -0.2) is 23.2 Å². The summed E-state index contributed by atoms with van der Waals surface area (Å²) in [5.41, 5.74) is 2.45. The van der Waals surface area contributed by atoms with E-state index >= 15 is 0 Å². The molecule has 0 amide bonds. The van der Waals surface area contributed by atoms with Crippen LogP contribution in [-0.2, 0) is 12.8 Å². The Bertz CT molecular complexity index is 1300. The van der Waals surface area contributed by atoms with Crippen LogP contribution >= 0.6 is 0 Å². The fourth-order valence-electron chi connectivity index (χ4n) is 11.7. The Morgan fingerprint density at radius 1 is 0.373 bits per heavy atom. The molecule has 4 fully saturated rings. The van der Waals surface area contributed by atoms with E-state index in [1.807, 2.05) is 26.2 Å². The van der Waals surface area contributed by atoms with Gasteiger partial charge in [-0.2, -0.15) is 0 Å². The van der Waals surface area contributed by atoms with Gasteiger partial charge in [0.25, 0.3) is 0 Å². The van der Waals surface area contributed by atoms with Crippen molar-refractivity contribution in [3.63, 3.8) is 0 Å². The predicted octanol–water partition coefficient (Wildman–Crippen LogP) is 16.4. The van der Waals surface area contributed by atoms with Crippen LogP contribution in [0.5, 0.6) is 11.5 Å². The minimum absolute atomic E-state index is 0.713. The van der Waals surface area contributed by atoms with Gasteiger partial charge in [0.2, 0.25) is 0 Å².